The van der Waals surface area contributed by atoms with E-state index >= 15 is 0 Å². The first-order valence-electron chi connectivity index (χ1n) is 11.5. The normalized spacial score (nSPS) is 16.7. The molecule has 1 unspecified atom stereocenters. The van der Waals surface area contributed by atoms with E-state index in [9.17, 15) is 26.3 Å². The van der Waals surface area contributed by atoms with E-state index < -0.39 is 30.1 Å². The van der Waals surface area contributed by atoms with Crippen LogP contribution < -0.4 is 20.1 Å². The molecule has 0 aliphatic carbocycles. The zero-order valence-electron chi connectivity index (χ0n) is 19.7. The van der Waals surface area contributed by atoms with Crippen LogP contribution in [-0.2, 0) is 25.5 Å². The van der Waals surface area contributed by atoms with Gasteiger partial charge in [-0.3, -0.25) is 0 Å². The van der Waals surface area contributed by atoms with E-state index in [1.165, 1.54) is 0 Å². The van der Waals surface area contributed by atoms with Gasteiger partial charge in [0, 0.05) is 18.2 Å². The highest BCUT2D eigenvalue weighted by Crippen LogP contribution is 2.38. The van der Waals surface area contributed by atoms with Crippen molar-refractivity contribution in [3.8, 4) is 11.5 Å². The van der Waals surface area contributed by atoms with Crippen LogP contribution in [0.4, 0.5) is 26.3 Å². The third-order valence-electron chi connectivity index (χ3n) is 5.58. The van der Waals surface area contributed by atoms with Gasteiger partial charge in [0.15, 0.2) is 0 Å². The van der Waals surface area contributed by atoms with E-state index in [1.54, 1.807) is 12.1 Å². The second-order valence-corrected chi connectivity index (χ2v) is 9.16. The summed E-state index contributed by atoms with van der Waals surface area (Å²) in [5, 5.41) is 6.68. The summed E-state index contributed by atoms with van der Waals surface area (Å²) in [6.07, 6.45) is -8.74. The molecule has 35 heavy (non-hydrogen) atoms. The number of rotatable bonds is 10. The van der Waals surface area contributed by atoms with Crippen LogP contribution in [0.5, 0.6) is 11.5 Å². The number of benzene rings is 2. The van der Waals surface area contributed by atoms with Gasteiger partial charge < -0.3 is 20.1 Å². The van der Waals surface area contributed by atoms with E-state index in [1.807, 2.05) is 19.9 Å². The number of hydrogen-bond donors (Lipinski definition) is 2. The summed E-state index contributed by atoms with van der Waals surface area (Å²) < 4.78 is 90.6. The monoisotopic (exact) mass is 504 g/mol. The van der Waals surface area contributed by atoms with Crippen molar-refractivity contribution in [2.45, 2.75) is 45.8 Å². The van der Waals surface area contributed by atoms with Crippen LogP contribution in [0.25, 0.3) is 0 Å². The van der Waals surface area contributed by atoms with Gasteiger partial charge in [-0.1, -0.05) is 19.9 Å². The standard InChI is InChI=1S/C25H30F6N2O2/c1-16(2)14-34-21-7-18(13-33-12-17-5-6-32-11-17)8-22(10-21)35-15-19-3-4-20(24(26,27)28)9-23(19)25(29,30)31/h3-4,7-10,16-17,32-33H,5-6,11-15H2,1-2H3. The summed E-state index contributed by atoms with van der Waals surface area (Å²) in [6.45, 7) is 7.16. The van der Waals surface area contributed by atoms with Crippen LogP contribution in [0.15, 0.2) is 36.4 Å². The van der Waals surface area contributed by atoms with Crippen LogP contribution in [0.3, 0.4) is 0 Å². The minimum absolute atomic E-state index is 0.119. The van der Waals surface area contributed by atoms with Gasteiger partial charge in [0.2, 0.25) is 0 Å². The average molecular weight is 505 g/mol. The summed E-state index contributed by atoms with van der Waals surface area (Å²) in [6, 6.07) is 6.66. The molecule has 1 fully saturated rings. The molecule has 1 aliphatic heterocycles. The molecular weight excluding hydrogens is 474 g/mol. The Bertz CT molecular complexity index is 969. The summed E-state index contributed by atoms with van der Waals surface area (Å²) in [4.78, 5) is 0. The Morgan fingerprint density at radius 2 is 1.69 bits per heavy atom. The molecular formula is C25H30F6N2O2. The zero-order valence-corrected chi connectivity index (χ0v) is 19.7. The molecule has 1 saturated heterocycles. The topological polar surface area (TPSA) is 42.5 Å². The molecule has 0 amide bonds. The minimum atomic E-state index is -4.95. The fourth-order valence-corrected chi connectivity index (χ4v) is 3.78. The van der Waals surface area contributed by atoms with Gasteiger partial charge in [0.05, 0.1) is 17.7 Å². The van der Waals surface area contributed by atoms with Crippen molar-refractivity contribution in [3.63, 3.8) is 0 Å². The highest BCUT2D eigenvalue weighted by molar-refractivity contribution is 5.40. The first-order valence-corrected chi connectivity index (χ1v) is 11.5. The quantitative estimate of drug-likeness (QED) is 0.388. The minimum Gasteiger partial charge on any atom is -0.493 e. The average Bonchev–Trinajstić information content (AvgIpc) is 3.28. The summed E-state index contributed by atoms with van der Waals surface area (Å²) >= 11 is 0. The predicted molar refractivity (Wildman–Crippen MR) is 120 cm³/mol. The molecule has 10 heteroatoms. The lowest BCUT2D eigenvalue weighted by atomic mass is 10.0. The molecule has 0 spiro atoms. The van der Waals surface area contributed by atoms with E-state index in [2.05, 4.69) is 10.6 Å². The first kappa shape index (κ1) is 27.1. The fraction of sp³-hybridized carbons (Fsp3) is 0.520. The second kappa shape index (κ2) is 11.5. The zero-order chi connectivity index (χ0) is 25.6. The third-order valence-corrected chi connectivity index (χ3v) is 5.58. The molecule has 3 rings (SSSR count). The van der Waals surface area contributed by atoms with Gasteiger partial charge >= 0.3 is 12.4 Å². The van der Waals surface area contributed by atoms with Crippen molar-refractivity contribution in [1.82, 2.24) is 10.6 Å². The van der Waals surface area contributed by atoms with Crippen molar-refractivity contribution >= 4 is 0 Å². The molecule has 1 atom stereocenters. The van der Waals surface area contributed by atoms with Gasteiger partial charge in [-0.15, -0.1) is 0 Å². The first-order chi connectivity index (χ1) is 16.4. The Kier molecular flexibility index (Phi) is 8.93. The molecule has 194 valence electrons. The third kappa shape index (κ3) is 8.31. The van der Waals surface area contributed by atoms with E-state index in [0.29, 0.717) is 30.9 Å². The van der Waals surface area contributed by atoms with Crippen molar-refractivity contribution in [2.75, 3.05) is 26.2 Å². The number of hydrogen-bond acceptors (Lipinski definition) is 4. The van der Waals surface area contributed by atoms with Crippen LogP contribution >= 0.6 is 0 Å². The summed E-state index contributed by atoms with van der Waals surface area (Å²) in [5.74, 6) is 1.58. The molecule has 2 aromatic carbocycles. The fourth-order valence-electron chi connectivity index (χ4n) is 3.78. The molecule has 2 aromatic rings. The molecule has 1 aliphatic rings. The van der Waals surface area contributed by atoms with Gasteiger partial charge in [-0.25, -0.2) is 0 Å². The summed E-state index contributed by atoms with van der Waals surface area (Å²) in [7, 11) is 0. The number of alkyl halides is 6. The van der Waals surface area contributed by atoms with Gasteiger partial charge in [0.1, 0.15) is 18.1 Å². The van der Waals surface area contributed by atoms with Crippen LogP contribution in [0.1, 0.15) is 42.5 Å². The molecule has 0 saturated carbocycles. The smallest absolute Gasteiger partial charge is 0.416 e. The van der Waals surface area contributed by atoms with Crippen molar-refractivity contribution in [2.24, 2.45) is 11.8 Å². The molecule has 2 N–H and O–H groups in total. The van der Waals surface area contributed by atoms with Gasteiger partial charge in [-0.2, -0.15) is 26.3 Å². The lowest BCUT2D eigenvalue weighted by Gasteiger charge is -2.18. The largest absolute Gasteiger partial charge is 0.493 e. The van der Waals surface area contributed by atoms with Crippen LogP contribution in [-0.4, -0.2) is 26.2 Å². The second-order valence-electron chi connectivity index (χ2n) is 9.16. The lowest BCUT2D eigenvalue weighted by molar-refractivity contribution is -0.143. The van der Waals surface area contributed by atoms with Crippen LogP contribution in [0.2, 0.25) is 0 Å². The molecule has 4 nitrogen and oxygen atoms in total. The highest BCUT2D eigenvalue weighted by Gasteiger charge is 2.38. The molecule has 0 bridgehead atoms. The number of halogens is 6. The van der Waals surface area contributed by atoms with Crippen molar-refractivity contribution in [3.05, 3.63) is 58.7 Å². The van der Waals surface area contributed by atoms with Crippen molar-refractivity contribution < 1.29 is 35.8 Å². The maximum atomic E-state index is 13.5. The molecule has 1 heterocycles. The predicted octanol–water partition coefficient (Wildman–Crippen LogP) is 6.04. The van der Waals surface area contributed by atoms with Gasteiger partial charge in [-0.05, 0) is 67.7 Å². The molecule has 0 aromatic heterocycles. The van der Waals surface area contributed by atoms with E-state index in [-0.39, 0.29) is 23.3 Å². The van der Waals surface area contributed by atoms with E-state index in [4.69, 9.17) is 9.47 Å². The van der Waals surface area contributed by atoms with E-state index in [0.717, 1.165) is 37.7 Å². The summed E-state index contributed by atoms with van der Waals surface area (Å²) in [5.41, 5.74) is -2.28. The maximum Gasteiger partial charge on any atom is 0.416 e. The lowest BCUT2D eigenvalue weighted by Crippen LogP contribution is -2.24. The van der Waals surface area contributed by atoms with Gasteiger partial charge in [0.25, 0.3) is 0 Å². The Balaban J connectivity index is 1.76. The maximum absolute atomic E-state index is 13.5. The molecule has 0 radical (unpaired) electrons. The van der Waals surface area contributed by atoms with Crippen LogP contribution in [0, 0.1) is 11.8 Å². The SMILES string of the molecule is CC(C)COc1cc(CNCC2CCNC2)cc(OCc2ccc(C(F)(F)F)cc2C(F)(F)F)c1. The Morgan fingerprint density at radius 1 is 0.971 bits per heavy atom. The number of ether oxygens (including phenoxy) is 2. The Morgan fingerprint density at radius 3 is 2.29 bits per heavy atom. The Hall–Kier alpha value is -2.46. The number of nitrogens with one attached hydrogen (secondary N) is 2. The Labute approximate surface area is 201 Å². The highest BCUT2D eigenvalue weighted by atomic mass is 19.4. The van der Waals surface area contributed by atoms with Crippen molar-refractivity contribution in [1.29, 1.82) is 0 Å².